The van der Waals surface area contributed by atoms with Crippen molar-refractivity contribution in [1.82, 2.24) is 10.6 Å². The molecule has 0 aliphatic heterocycles. The summed E-state index contributed by atoms with van der Waals surface area (Å²) < 4.78 is 26.7. The molecule has 0 fully saturated rings. The molecule has 0 unspecified atom stereocenters. The Labute approximate surface area is 142 Å². The summed E-state index contributed by atoms with van der Waals surface area (Å²) in [6.45, 7) is 1.79. The molecule has 0 saturated heterocycles. The smallest absolute Gasteiger partial charge is 0.321 e. The molecule has 0 aliphatic rings. The largest absolute Gasteiger partial charge is 0.334 e. The summed E-state index contributed by atoms with van der Waals surface area (Å²) in [6, 6.07) is 11.6. The standard InChI is InChI=1S/C17H16F2N2O2S/c1-11(24-15-9-13(18)7-8-14(15)19)16(22)21-17(23)20-10-12-5-3-2-4-6-12/h2-9,11H,10H2,1H3,(H2,20,21,22,23)/t11-/m1/s1. The van der Waals surface area contributed by atoms with Gasteiger partial charge in [-0.3, -0.25) is 10.1 Å². The van der Waals surface area contributed by atoms with Gasteiger partial charge in [0, 0.05) is 11.4 Å². The van der Waals surface area contributed by atoms with Gasteiger partial charge in [0.05, 0.1) is 5.25 Å². The lowest BCUT2D eigenvalue weighted by Gasteiger charge is -2.12. The van der Waals surface area contributed by atoms with E-state index in [0.29, 0.717) is 0 Å². The van der Waals surface area contributed by atoms with Gasteiger partial charge in [0.15, 0.2) is 0 Å². The fourth-order valence-electron chi connectivity index (χ4n) is 1.85. The Morgan fingerprint density at radius 3 is 2.54 bits per heavy atom. The van der Waals surface area contributed by atoms with Crippen LogP contribution in [0.1, 0.15) is 12.5 Å². The monoisotopic (exact) mass is 350 g/mol. The lowest BCUT2D eigenvalue weighted by molar-refractivity contribution is -0.119. The molecule has 0 bridgehead atoms. The maximum Gasteiger partial charge on any atom is 0.321 e. The van der Waals surface area contributed by atoms with E-state index < -0.39 is 28.8 Å². The minimum absolute atomic E-state index is 0.0161. The minimum Gasteiger partial charge on any atom is -0.334 e. The van der Waals surface area contributed by atoms with Crippen molar-refractivity contribution in [3.05, 3.63) is 65.7 Å². The number of nitrogens with one attached hydrogen (secondary N) is 2. The SMILES string of the molecule is C[C@@H](Sc1cc(F)ccc1F)C(=O)NC(=O)NCc1ccccc1. The third-order valence-corrected chi connectivity index (χ3v) is 4.23. The molecule has 0 aliphatic carbocycles. The maximum absolute atomic E-state index is 13.6. The molecule has 24 heavy (non-hydrogen) atoms. The van der Waals surface area contributed by atoms with Gasteiger partial charge in [-0.05, 0) is 30.7 Å². The highest BCUT2D eigenvalue weighted by Crippen LogP contribution is 2.26. The van der Waals surface area contributed by atoms with Crippen LogP contribution in [-0.2, 0) is 11.3 Å². The van der Waals surface area contributed by atoms with Crippen molar-refractivity contribution in [2.45, 2.75) is 23.6 Å². The molecule has 0 radical (unpaired) electrons. The lowest BCUT2D eigenvalue weighted by Crippen LogP contribution is -2.42. The normalized spacial score (nSPS) is 11.6. The van der Waals surface area contributed by atoms with Gasteiger partial charge in [-0.1, -0.05) is 30.3 Å². The second kappa shape index (κ2) is 8.44. The summed E-state index contributed by atoms with van der Waals surface area (Å²) in [6.07, 6.45) is 0. The zero-order chi connectivity index (χ0) is 17.5. The zero-order valence-electron chi connectivity index (χ0n) is 12.9. The predicted molar refractivity (Wildman–Crippen MR) is 88.5 cm³/mol. The first-order chi connectivity index (χ1) is 11.5. The van der Waals surface area contributed by atoms with Crippen molar-refractivity contribution in [2.75, 3.05) is 0 Å². The van der Waals surface area contributed by atoms with E-state index in [4.69, 9.17) is 0 Å². The zero-order valence-corrected chi connectivity index (χ0v) is 13.7. The molecule has 1 atom stereocenters. The Morgan fingerprint density at radius 1 is 1.12 bits per heavy atom. The molecule has 2 aromatic rings. The van der Waals surface area contributed by atoms with E-state index in [1.807, 2.05) is 30.3 Å². The molecule has 7 heteroatoms. The van der Waals surface area contributed by atoms with Crippen LogP contribution in [0.4, 0.5) is 13.6 Å². The minimum atomic E-state index is -0.760. The summed E-state index contributed by atoms with van der Waals surface area (Å²) in [5.74, 6) is -1.80. The third kappa shape index (κ3) is 5.34. The Morgan fingerprint density at radius 2 is 1.83 bits per heavy atom. The van der Waals surface area contributed by atoms with E-state index in [9.17, 15) is 18.4 Å². The van der Waals surface area contributed by atoms with Crippen LogP contribution in [0.3, 0.4) is 0 Å². The van der Waals surface area contributed by atoms with Gasteiger partial charge < -0.3 is 5.32 Å². The Kier molecular flexibility index (Phi) is 6.31. The first-order valence-electron chi connectivity index (χ1n) is 7.20. The van der Waals surface area contributed by atoms with Crippen LogP contribution >= 0.6 is 11.8 Å². The molecule has 2 N–H and O–H groups in total. The molecule has 2 aromatic carbocycles. The summed E-state index contributed by atoms with van der Waals surface area (Å²) in [4.78, 5) is 23.7. The Hall–Kier alpha value is -2.41. The molecule has 0 spiro atoms. The van der Waals surface area contributed by atoms with Gasteiger partial charge in [-0.15, -0.1) is 11.8 Å². The van der Waals surface area contributed by atoms with Gasteiger partial charge in [0.25, 0.3) is 0 Å². The summed E-state index contributed by atoms with van der Waals surface area (Å²) in [5.41, 5.74) is 0.893. The van der Waals surface area contributed by atoms with Crippen molar-refractivity contribution in [1.29, 1.82) is 0 Å². The number of carbonyl (C=O) groups excluding carboxylic acids is 2. The summed E-state index contributed by atoms with van der Waals surface area (Å²) >= 11 is 0.842. The summed E-state index contributed by atoms with van der Waals surface area (Å²) in [7, 11) is 0. The van der Waals surface area contributed by atoms with Crippen molar-refractivity contribution in [2.24, 2.45) is 0 Å². The van der Waals surface area contributed by atoms with Crippen molar-refractivity contribution in [3.8, 4) is 0 Å². The number of urea groups is 1. The van der Waals surface area contributed by atoms with E-state index in [0.717, 1.165) is 35.5 Å². The number of halogens is 2. The highest BCUT2D eigenvalue weighted by atomic mass is 32.2. The van der Waals surface area contributed by atoms with E-state index in [-0.39, 0.29) is 11.4 Å². The first kappa shape index (κ1) is 17.9. The van der Waals surface area contributed by atoms with E-state index in [2.05, 4.69) is 10.6 Å². The average molecular weight is 350 g/mol. The fourth-order valence-corrected chi connectivity index (χ4v) is 2.76. The molecular formula is C17H16F2N2O2S. The first-order valence-corrected chi connectivity index (χ1v) is 8.08. The third-order valence-electron chi connectivity index (χ3n) is 3.10. The molecule has 4 nitrogen and oxygen atoms in total. The number of rotatable bonds is 5. The summed E-state index contributed by atoms with van der Waals surface area (Å²) in [5, 5.41) is 3.97. The molecule has 126 valence electrons. The number of imide groups is 1. The van der Waals surface area contributed by atoms with Crippen LogP contribution in [0.25, 0.3) is 0 Å². The van der Waals surface area contributed by atoms with Crippen LogP contribution in [0.15, 0.2) is 53.4 Å². The van der Waals surface area contributed by atoms with Crippen LogP contribution in [0.2, 0.25) is 0 Å². The highest BCUT2D eigenvalue weighted by Gasteiger charge is 2.19. The molecule has 0 heterocycles. The van der Waals surface area contributed by atoms with Crippen molar-refractivity contribution in [3.63, 3.8) is 0 Å². The van der Waals surface area contributed by atoms with Crippen LogP contribution < -0.4 is 10.6 Å². The van der Waals surface area contributed by atoms with Gasteiger partial charge in [0.2, 0.25) is 5.91 Å². The van der Waals surface area contributed by atoms with Gasteiger partial charge in [0.1, 0.15) is 11.6 Å². The quantitative estimate of drug-likeness (QED) is 0.812. The number of thioether (sulfide) groups is 1. The molecule has 2 rings (SSSR count). The fraction of sp³-hybridized carbons (Fsp3) is 0.176. The molecule has 3 amide bonds. The van der Waals surface area contributed by atoms with Gasteiger partial charge >= 0.3 is 6.03 Å². The van der Waals surface area contributed by atoms with Crippen LogP contribution in [0, 0.1) is 11.6 Å². The van der Waals surface area contributed by atoms with E-state index >= 15 is 0 Å². The lowest BCUT2D eigenvalue weighted by atomic mass is 10.2. The van der Waals surface area contributed by atoms with Crippen LogP contribution in [-0.4, -0.2) is 17.2 Å². The number of hydrogen-bond acceptors (Lipinski definition) is 3. The second-order valence-corrected chi connectivity index (χ2v) is 6.37. The maximum atomic E-state index is 13.6. The Bertz CT molecular complexity index is 726. The van der Waals surface area contributed by atoms with E-state index in [1.54, 1.807) is 0 Å². The predicted octanol–water partition coefficient (Wildman–Crippen LogP) is 3.47. The highest BCUT2D eigenvalue weighted by molar-refractivity contribution is 8.00. The Balaban J connectivity index is 1.84. The van der Waals surface area contributed by atoms with E-state index in [1.165, 1.54) is 6.92 Å². The van der Waals surface area contributed by atoms with Crippen molar-refractivity contribution >= 4 is 23.7 Å². The average Bonchev–Trinajstić information content (AvgIpc) is 2.57. The number of amides is 3. The molecule has 0 aromatic heterocycles. The van der Waals surface area contributed by atoms with Crippen molar-refractivity contribution < 1.29 is 18.4 Å². The molecule has 0 saturated carbocycles. The van der Waals surface area contributed by atoms with Gasteiger partial charge in [-0.2, -0.15) is 0 Å². The topological polar surface area (TPSA) is 58.2 Å². The second-order valence-electron chi connectivity index (χ2n) is 4.99. The number of carbonyl (C=O) groups is 2. The number of benzene rings is 2. The van der Waals surface area contributed by atoms with Gasteiger partial charge in [-0.25, -0.2) is 13.6 Å². The van der Waals surface area contributed by atoms with Crippen LogP contribution in [0.5, 0.6) is 0 Å². The number of hydrogen-bond donors (Lipinski definition) is 2. The molecular weight excluding hydrogens is 334 g/mol.